The van der Waals surface area contributed by atoms with Gasteiger partial charge in [-0.2, -0.15) is 0 Å². The zero-order valence-electron chi connectivity index (χ0n) is 11.5. The van der Waals surface area contributed by atoms with Crippen molar-refractivity contribution in [3.63, 3.8) is 0 Å². The maximum atomic E-state index is 11.8. The number of nitrogens with zero attached hydrogens (tertiary/aromatic N) is 2. The number of anilines is 1. The molecule has 6 heteroatoms. The minimum Gasteiger partial charge on any atom is -0.460 e. The van der Waals surface area contributed by atoms with Crippen LogP contribution >= 0.6 is 0 Å². The number of nitrogens with one attached hydrogen (secondary N) is 1. The largest absolute Gasteiger partial charge is 0.460 e. The van der Waals surface area contributed by atoms with Gasteiger partial charge >= 0.3 is 5.97 Å². The lowest BCUT2D eigenvalue weighted by atomic mass is 10.2. The van der Waals surface area contributed by atoms with Crippen molar-refractivity contribution < 1.29 is 14.6 Å². The van der Waals surface area contributed by atoms with Crippen molar-refractivity contribution in [1.82, 2.24) is 9.97 Å². The quantitative estimate of drug-likeness (QED) is 0.806. The van der Waals surface area contributed by atoms with Crippen LogP contribution in [0.25, 0.3) is 10.9 Å². The van der Waals surface area contributed by atoms with E-state index in [1.165, 1.54) is 0 Å². The highest BCUT2D eigenvalue weighted by molar-refractivity contribution is 5.94. The smallest absolute Gasteiger partial charge is 0.376 e. The molecule has 1 atom stereocenters. The van der Waals surface area contributed by atoms with Crippen molar-refractivity contribution >= 4 is 22.7 Å². The Morgan fingerprint density at radius 1 is 1.40 bits per heavy atom. The van der Waals surface area contributed by atoms with Gasteiger partial charge in [0.2, 0.25) is 5.82 Å². The van der Waals surface area contributed by atoms with Gasteiger partial charge in [0.25, 0.3) is 0 Å². The molecule has 0 saturated carbocycles. The van der Waals surface area contributed by atoms with Crippen LogP contribution < -0.4 is 5.32 Å². The van der Waals surface area contributed by atoms with Crippen molar-refractivity contribution in [2.75, 3.05) is 18.5 Å². The Morgan fingerprint density at radius 3 is 2.85 bits per heavy atom. The van der Waals surface area contributed by atoms with Crippen LogP contribution in [0.15, 0.2) is 24.3 Å². The van der Waals surface area contributed by atoms with Crippen LogP contribution in [0, 0.1) is 0 Å². The molecular weight excluding hydrogens is 258 g/mol. The lowest BCUT2D eigenvalue weighted by molar-refractivity contribution is 0.0512. The predicted octanol–water partition coefficient (Wildman–Crippen LogP) is 1.60. The van der Waals surface area contributed by atoms with E-state index in [1.807, 2.05) is 18.2 Å². The summed E-state index contributed by atoms with van der Waals surface area (Å²) in [7, 11) is 0. The van der Waals surface area contributed by atoms with E-state index >= 15 is 0 Å². The standard InChI is InChI=1S/C14H17N3O3/c1-3-20-14(19)13-16-11-7-5-4-6-10(11)12(17-13)15-8-9(2)18/h4-7,9,18H,3,8H2,1-2H3,(H,15,16,17)/t9-/m1/s1. The zero-order chi connectivity index (χ0) is 14.5. The van der Waals surface area contributed by atoms with E-state index in [-0.39, 0.29) is 12.4 Å². The van der Waals surface area contributed by atoms with Crippen molar-refractivity contribution in [2.24, 2.45) is 0 Å². The second-order valence-electron chi connectivity index (χ2n) is 4.36. The first-order valence-electron chi connectivity index (χ1n) is 6.47. The Labute approximate surface area is 116 Å². The summed E-state index contributed by atoms with van der Waals surface area (Å²) in [4.78, 5) is 20.1. The highest BCUT2D eigenvalue weighted by atomic mass is 16.5. The Kier molecular flexibility index (Phi) is 4.47. The maximum Gasteiger partial charge on any atom is 0.376 e. The fourth-order valence-corrected chi connectivity index (χ4v) is 1.74. The summed E-state index contributed by atoms with van der Waals surface area (Å²) in [6.07, 6.45) is -0.519. The zero-order valence-corrected chi connectivity index (χ0v) is 11.5. The van der Waals surface area contributed by atoms with E-state index in [1.54, 1.807) is 19.9 Å². The SMILES string of the molecule is CCOC(=O)c1nc(NC[C@@H](C)O)c2ccccc2n1. The first kappa shape index (κ1) is 14.2. The first-order valence-corrected chi connectivity index (χ1v) is 6.47. The third-order valence-corrected chi connectivity index (χ3v) is 2.63. The van der Waals surface area contributed by atoms with E-state index in [0.717, 1.165) is 5.39 Å². The maximum absolute atomic E-state index is 11.8. The van der Waals surface area contributed by atoms with Crippen LogP contribution in [-0.2, 0) is 4.74 Å². The molecule has 0 bridgehead atoms. The van der Waals surface area contributed by atoms with Gasteiger partial charge in [-0.25, -0.2) is 14.8 Å². The summed E-state index contributed by atoms with van der Waals surface area (Å²) >= 11 is 0. The van der Waals surface area contributed by atoms with E-state index in [4.69, 9.17) is 4.74 Å². The number of carbonyl (C=O) groups excluding carboxylic acids is 1. The lowest BCUT2D eigenvalue weighted by Gasteiger charge is -2.11. The summed E-state index contributed by atoms with van der Waals surface area (Å²) in [6.45, 7) is 4.00. The number of ether oxygens (including phenoxy) is 1. The number of fused-ring (bicyclic) bond motifs is 1. The Hall–Kier alpha value is -2.21. The molecule has 2 N–H and O–H groups in total. The van der Waals surface area contributed by atoms with Crippen molar-refractivity contribution in [2.45, 2.75) is 20.0 Å². The summed E-state index contributed by atoms with van der Waals surface area (Å²) < 4.78 is 4.92. The van der Waals surface area contributed by atoms with Crippen LogP contribution in [0.5, 0.6) is 0 Å². The normalized spacial score (nSPS) is 12.2. The molecule has 0 aliphatic rings. The van der Waals surface area contributed by atoms with Crippen molar-refractivity contribution in [1.29, 1.82) is 0 Å². The van der Waals surface area contributed by atoms with Gasteiger partial charge < -0.3 is 15.2 Å². The molecule has 0 amide bonds. The first-order chi connectivity index (χ1) is 9.61. The Bertz CT molecular complexity index is 614. The second kappa shape index (κ2) is 6.29. The van der Waals surface area contributed by atoms with Gasteiger partial charge in [-0.15, -0.1) is 0 Å². The predicted molar refractivity (Wildman–Crippen MR) is 75.7 cm³/mol. The monoisotopic (exact) mass is 275 g/mol. The Morgan fingerprint density at radius 2 is 2.15 bits per heavy atom. The average molecular weight is 275 g/mol. The fraction of sp³-hybridized carbons (Fsp3) is 0.357. The number of para-hydroxylation sites is 1. The van der Waals surface area contributed by atoms with Crippen LogP contribution in [0.1, 0.15) is 24.5 Å². The van der Waals surface area contributed by atoms with E-state index in [9.17, 15) is 9.90 Å². The minimum absolute atomic E-state index is 0.0126. The van der Waals surface area contributed by atoms with Gasteiger partial charge in [0, 0.05) is 11.9 Å². The van der Waals surface area contributed by atoms with E-state index in [2.05, 4.69) is 15.3 Å². The van der Waals surface area contributed by atoms with E-state index in [0.29, 0.717) is 17.9 Å². The van der Waals surface area contributed by atoms with Crippen LogP contribution in [-0.4, -0.2) is 40.3 Å². The molecule has 1 heterocycles. The number of esters is 1. The molecule has 0 aliphatic heterocycles. The molecule has 2 rings (SSSR count). The molecule has 0 aliphatic carbocycles. The number of rotatable bonds is 5. The van der Waals surface area contributed by atoms with Gasteiger partial charge in [0.15, 0.2) is 0 Å². The molecule has 0 radical (unpaired) electrons. The fourth-order valence-electron chi connectivity index (χ4n) is 1.74. The molecular formula is C14H17N3O3. The van der Waals surface area contributed by atoms with Gasteiger partial charge in [-0.05, 0) is 26.0 Å². The lowest BCUT2D eigenvalue weighted by Crippen LogP contribution is -2.18. The van der Waals surface area contributed by atoms with Crippen LogP contribution in [0.2, 0.25) is 0 Å². The third kappa shape index (κ3) is 3.21. The molecule has 0 fully saturated rings. The summed E-state index contributed by atoms with van der Waals surface area (Å²) in [6, 6.07) is 7.36. The van der Waals surface area contributed by atoms with Crippen molar-refractivity contribution in [3.05, 3.63) is 30.1 Å². The molecule has 0 spiro atoms. The molecule has 1 aromatic heterocycles. The summed E-state index contributed by atoms with van der Waals surface area (Å²) in [5, 5.41) is 13.2. The number of aliphatic hydroxyl groups excluding tert-OH is 1. The number of hydrogen-bond acceptors (Lipinski definition) is 6. The van der Waals surface area contributed by atoms with Gasteiger partial charge in [-0.3, -0.25) is 0 Å². The summed E-state index contributed by atoms with van der Waals surface area (Å²) in [5.41, 5.74) is 0.652. The molecule has 0 unspecified atom stereocenters. The van der Waals surface area contributed by atoms with Crippen molar-refractivity contribution in [3.8, 4) is 0 Å². The van der Waals surface area contributed by atoms with Crippen LogP contribution in [0.4, 0.5) is 5.82 Å². The van der Waals surface area contributed by atoms with Gasteiger partial charge in [0.05, 0.1) is 18.2 Å². The number of benzene rings is 1. The molecule has 6 nitrogen and oxygen atoms in total. The number of hydrogen-bond donors (Lipinski definition) is 2. The minimum atomic E-state index is -0.557. The molecule has 1 aromatic carbocycles. The van der Waals surface area contributed by atoms with Gasteiger partial charge in [0.1, 0.15) is 5.82 Å². The molecule has 2 aromatic rings. The number of aliphatic hydroxyl groups is 1. The Balaban J connectivity index is 2.43. The summed E-state index contributed by atoms with van der Waals surface area (Å²) in [5.74, 6) is -0.0310. The second-order valence-corrected chi connectivity index (χ2v) is 4.36. The number of aromatic nitrogens is 2. The topological polar surface area (TPSA) is 84.3 Å². The molecule has 20 heavy (non-hydrogen) atoms. The highest BCUT2D eigenvalue weighted by Crippen LogP contribution is 2.20. The average Bonchev–Trinajstić information content (AvgIpc) is 2.44. The molecule has 106 valence electrons. The third-order valence-electron chi connectivity index (χ3n) is 2.63. The van der Waals surface area contributed by atoms with Gasteiger partial charge in [-0.1, -0.05) is 12.1 Å². The van der Waals surface area contributed by atoms with Crippen LogP contribution in [0.3, 0.4) is 0 Å². The number of carbonyl (C=O) groups is 1. The molecule has 0 saturated heterocycles. The van der Waals surface area contributed by atoms with E-state index < -0.39 is 12.1 Å². The highest BCUT2D eigenvalue weighted by Gasteiger charge is 2.14.